The van der Waals surface area contributed by atoms with Gasteiger partial charge in [0.2, 0.25) is 5.89 Å². The molecule has 2 N–H and O–H groups in total. The Morgan fingerprint density at radius 3 is 2.34 bits per heavy atom. The van der Waals surface area contributed by atoms with Gasteiger partial charge in [-0.25, -0.2) is 14.6 Å². The molecule has 4 rings (SSSR count). The number of rotatable bonds is 12. The highest BCUT2D eigenvalue weighted by atomic mass is 19.3. The number of nitrogens with one attached hydrogen (secondary N) is 2. The number of hydrogen-bond acceptors (Lipinski definition) is 9. The lowest BCUT2D eigenvalue weighted by atomic mass is 10.1. The second-order valence-electron chi connectivity index (χ2n) is 11.2. The summed E-state index contributed by atoms with van der Waals surface area (Å²) in [6, 6.07) is 9.50. The number of methoxy groups -OCH3 is 1. The van der Waals surface area contributed by atoms with Crippen molar-refractivity contribution in [2.24, 2.45) is 5.92 Å². The van der Waals surface area contributed by atoms with Gasteiger partial charge in [-0.2, -0.15) is 8.78 Å². The van der Waals surface area contributed by atoms with E-state index in [0.29, 0.717) is 29.3 Å². The van der Waals surface area contributed by atoms with Crippen LogP contribution in [0.1, 0.15) is 78.7 Å². The average Bonchev–Trinajstić information content (AvgIpc) is 3.70. The smallest absolute Gasteiger partial charge is 0.408 e. The first-order chi connectivity index (χ1) is 20.8. The van der Waals surface area contributed by atoms with Gasteiger partial charge < -0.3 is 34.0 Å². The summed E-state index contributed by atoms with van der Waals surface area (Å²) >= 11 is 0. The molecule has 0 radical (unpaired) electrons. The number of alkyl carbamates (subject to hydrolysis) is 1. The highest BCUT2D eigenvalue weighted by molar-refractivity contribution is 5.96. The number of aromatic nitrogens is 1. The molecule has 1 heterocycles. The summed E-state index contributed by atoms with van der Waals surface area (Å²) in [6.07, 6.45) is 1.31. The van der Waals surface area contributed by atoms with Crippen LogP contribution in [0.2, 0.25) is 0 Å². The number of carbonyl (C=O) groups is 3. The third-order valence-corrected chi connectivity index (χ3v) is 6.42. The Labute approximate surface area is 253 Å². The molecule has 1 aliphatic rings. The molecule has 2 amide bonds. The van der Waals surface area contributed by atoms with Crippen molar-refractivity contribution in [2.45, 2.75) is 65.3 Å². The number of ether oxygens (including phenoxy) is 4. The summed E-state index contributed by atoms with van der Waals surface area (Å²) in [5.74, 6) is -0.295. The maximum Gasteiger partial charge on any atom is 0.408 e. The second kappa shape index (κ2) is 13.7. The molecule has 236 valence electrons. The van der Waals surface area contributed by atoms with Crippen molar-refractivity contribution in [3.63, 3.8) is 0 Å². The van der Waals surface area contributed by atoms with E-state index in [2.05, 4.69) is 25.1 Å². The van der Waals surface area contributed by atoms with E-state index in [-0.39, 0.29) is 35.3 Å². The Hall–Kier alpha value is -4.68. The van der Waals surface area contributed by atoms with Gasteiger partial charge in [0, 0.05) is 11.1 Å². The van der Waals surface area contributed by atoms with E-state index in [9.17, 15) is 23.2 Å². The third kappa shape index (κ3) is 8.91. The summed E-state index contributed by atoms with van der Waals surface area (Å²) in [7, 11) is 1.26. The number of halogens is 2. The van der Waals surface area contributed by atoms with E-state index in [1.165, 1.54) is 49.6 Å². The molecule has 1 fully saturated rings. The number of amides is 2. The Morgan fingerprint density at radius 2 is 1.73 bits per heavy atom. The highest BCUT2D eigenvalue weighted by Gasteiger charge is 2.26. The highest BCUT2D eigenvalue weighted by Crippen LogP contribution is 2.37. The zero-order chi connectivity index (χ0) is 32.0. The van der Waals surface area contributed by atoms with Crippen LogP contribution in [0.5, 0.6) is 11.5 Å². The zero-order valence-corrected chi connectivity index (χ0v) is 25.1. The monoisotopic (exact) mass is 615 g/mol. The number of nitrogens with zero attached hydrogens (tertiary/aromatic N) is 1. The maximum atomic E-state index is 13.0. The van der Waals surface area contributed by atoms with Crippen molar-refractivity contribution in [1.29, 1.82) is 0 Å². The summed E-state index contributed by atoms with van der Waals surface area (Å²) in [5, 5.41) is 5.46. The van der Waals surface area contributed by atoms with Gasteiger partial charge in [-0.05, 0) is 88.9 Å². The molecule has 44 heavy (non-hydrogen) atoms. The summed E-state index contributed by atoms with van der Waals surface area (Å²) in [6.45, 7) is 4.08. The summed E-state index contributed by atoms with van der Waals surface area (Å²) in [5.41, 5.74) is 0.542. The van der Waals surface area contributed by atoms with Gasteiger partial charge in [-0.15, -0.1) is 0 Å². The van der Waals surface area contributed by atoms with Crippen LogP contribution in [0.25, 0.3) is 11.5 Å². The molecule has 0 aliphatic heterocycles. The lowest BCUT2D eigenvalue weighted by Gasteiger charge is -2.21. The Kier molecular flexibility index (Phi) is 10.1. The molecule has 3 aromatic rings. The van der Waals surface area contributed by atoms with Crippen molar-refractivity contribution in [3.05, 3.63) is 65.0 Å². The molecular weight excluding hydrogens is 580 g/mol. The lowest BCUT2D eigenvalue weighted by molar-refractivity contribution is -0.0515. The van der Waals surface area contributed by atoms with E-state index in [4.69, 9.17) is 13.9 Å². The van der Waals surface area contributed by atoms with Gasteiger partial charge in [0.25, 0.3) is 5.91 Å². The number of oxazole rings is 1. The predicted octanol–water partition coefficient (Wildman–Crippen LogP) is 6.03. The fourth-order valence-electron chi connectivity index (χ4n) is 4.08. The first-order valence-corrected chi connectivity index (χ1v) is 14.0. The van der Waals surface area contributed by atoms with Gasteiger partial charge in [0.15, 0.2) is 17.3 Å². The van der Waals surface area contributed by atoms with Gasteiger partial charge in [0.05, 0.1) is 31.9 Å². The molecule has 1 saturated carbocycles. The summed E-state index contributed by atoms with van der Waals surface area (Å²) in [4.78, 5) is 41.7. The first-order valence-electron chi connectivity index (χ1n) is 14.0. The van der Waals surface area contributed by atoms with Gasteiger partial charge in [-0.1, -0.05) is 0 Å². The molecule has 0 unspecified atom stereocenters. The van der Waals surface area contributed by atoms with Crippen LogP contribution in [0, 0.1) is 5.92 Å². The fraction of sp³-hybridized carbons (Fsp3) is 0.419. The molecule has 0 saturated heterocycles. The van der Waals surface area contributed by atoms with Crippen LogP contribution in [0.4, 0.5) is 13.6 Å². The minimum absolute atomic E-state index is 0.0889. The topological polar surface area (TPSA) is 138 Å². The van der Waals surface area contributed by atoms with Gasteiger partial charge in [0.1, 0.15) is 11.3 Å². The molecule has 1 aliphatic carbocycles. The van der Waals surface area contributed by atoms with Crippen molar-refractivity contribution >= 4 is 18.0 Å². The van der Waals surface area contributed by atoms with Crippen LogP contribution >= 0.6 is 0 Å². The molecule has 1 atom stereocenters. The normalized spacial score (nSPS) is 13.6. The minimum Gasteiger partial charge on any atom is -0.489 e. The van der Waals surface area contributed by atoms with Gasteiger partial charge in [-0.3, -0.25) is 4.79 Å². The van der Waals surface area contributed by atoms with E-state index in [1.54, 1.807) is 27.7 Å². The number of carbonyl (C=O) groups excluding carboxylic acids is 3. The van der Waals surface area contributed by atoms with Crippen LogP contribution < -0.4 is 20.1 Å². The first kappa shape index (κ1) is 32.2. The third-order valence-electron chi connectivity index (χ3n) is 6.42. The SMILES string of the molecule is COC(=O)c1ccc(C(=O)NCc2nc(-c3ccc(OC(F)F)c(OCC4CC4)c3)oc2[C@H](C)NC(=O)OC(C)(C)C)cc1. The number of benzene rings is 2. The fourth-order valence-corrected chi connectivity index (χ4v) is 4.08. The molecule has 13 heteroatoms. The largest absolute Gasteiger partial charge is 0.489 e. The quantitative estimate of drug-likeness (QED) is 0.234. The standard InChI is InChI=1S/C31H35F2N3O8/c1-17(35-30(39)44-31(2,3)4)25-22(15-34-26(37)19-8-10-20(11-9-19)28(38)40-5)36-27(43-25)21-12-13-23(42-29(32)33)24(14-21)41-16-18-6-7-18/h8-14,17-18,29H,6-7,15-16H2,1-5H3,(H,34,37)(H,35,39)/t17-/m0/s1. The molecule has 2 aromatic carbocycles. The molecule has 0 spiro atoms. The van der Waals surface area contributed by atoms with E-state index in [1.807, 2.05) is 0 Å². The van der Waals surface area contributed by atoms with Crippen LogP contribution in [-0.2, 0) is 16.0 Å². The van der Waals surface area contributed by atoms with Crippen molar-refractivity contribution in [2.75, 3.05) is 13.7 Å². The Bertz CT molecular complexity index is 1480. The van der Waals surface area contributed by atoms with Crippen molar-refractivity contribution in [3.8, 4) is 23.0 Å². The predicted molar refractivity (Wildman–Crippen MR) is 154 cm³/mol. The van der Waals surface area contributed by atoms with E-state index < -0.39 is 36.2 Å². The van der Waals surface area contributed by atoms with Crippen molar-refractivity contribution < 1.29 is 46.5 Å². The van der Waals surface area contributed by atoms with Crippen LogP contribution in [-0.4, -0.2) is 48.9 Å². The summed E-state index contributed by atoms with van der Waals surface area (Å²) < 4.78 is 52.6. The Balaban J connectivity index is 1.60. The second-order valence-corrected chi connectivity index (χ2v) is 11.2. The lowest BCUT2D eigenvalue weighted by Crippen LogP contribution is -2.34. The maximum absolute atomic E-state index is 13.0. The van der Waals surface area contributed by atoms with E-state index >= 15 is 0 Å². The zero-order valence-electron chi connectivity index (χ0n) is 25.1. The van der Waals surface area contributed by atoms with Gasteiger partial charge >= 0.3 is 18.7 Å². The number of esters is 1. The number of hydrogen-bond donors (Lipinski definition) is 2. The van der Waals surface area contributed by atoms with Crippen molar-refractivity contribution in [1.82, 2.24) is 15.6 Å². The van der Waals surface area contributed by atoms with Crippen LogP contribution in [0.3, 0.4) is 0 Å². The average molecular weight is 616 g/mol. The minimum atomic E-state index is -3.04. The Morgan fingerprint density at radius 1 is 1.05 bits per heavy atom. The van der Waals surface area contributed by atoms with Crippen LogP contribution in [0.15, 0.2) is 46.9 Å². The van der Waals surface area contributed by atoms with E-state index in [0.717, 1.165) is 12.8 Å². The molecule has 11 nitrogen and oxygen atoms in total. The molecule has 1 aromatic heterocycles. The number of alkyl halides is 2. The molecular formula is C31H35F2N3O8. The molecule has 0 bridgehead atoms.